The molecule has 8 heteroatoms. The number of aromatic nitrogens is 4. The molecule has 1 unspecified atom stereocenters. The molecule has 6 rings (SSSR count). The topological polar surface area (TPSA) is 82.5 Å². The Labute approximate surface area is 197 Å². The molecule has 3 aromatic heterocycles. The Morgan fingerprint density at radius 3 is 2.58 bits per heavy atom. The van der Waals surface area contributed by atoms with Crippen LogP contribution in [-0.4, -0.2) is 19.6 Å². The highest BCUT2D eigenvalue weighted by atomic mass is 79.9. The van der Waals surface area contributed by atoms with Crippen LogP contribution in [0.4, 0.5) is 0 Å². The summed E-state index contributed by atoms with van der Waals surface area (Å²) in [6.45, 7) is 6.17. The number of halogens is 1. The van der Waals surface area contributed by atoms with Gasteiger partial charge in [-0.3, -0.25) is 0 Å². The van der Waals surface area contributed by atoms with E-state index >= 15 is 0 Å². The number of rotatable bonds is 1. The van der Waals surface area contributed by atoms with E-state index in [2.05, 4.69) is 46.8 Å². The zero-order chi connectivity index (χ0) is 22.9. The van der Waals surface area contributed by atoms with E-state index < -0.39 is 11.5 Å². The first-order valence-electron chi connectivity index (χ1n) is 10.6. The lowest BCUT2D eigenvalue weighted by Gasteiger charge is -2.27. The quantitative estimate of drug-likeness (QED) is 0.273. The van der Waals surface area contributed by atoms with Crippen molar-refractivity contribution in [2.24, 2.45) is 0 Å². The lowest BCUT2D eigenvalue weighted by molar-refractivity contribution is 0.422. The molecule has 7 nitrogen and oxygen atoms in total. The Kier molecular flexibility index (Phi) is 4.26. The van der Waals surface area contributed by atoms with Crippen molar-refractivity contribution < 1.29 is 9.15 Å². The average molecular weight is 503 g/mol. The van der Waals surface area contributed by atoms with E-state index in [0.29, 0.717) is 45.2 Å². The van der Waals surface area contributed by atoms with Crippen LogP contribution in [0.3, 0.4) is 0 Å². The smallest absolute Gasteiger partial charge is 0.344 e. The van der Waals surface area contributed by atoms with Crippen LogP contribution < -0.4 is 10.4 Å². The Balaban J connectivity index is 1.75. The van der Waals surface area contributed by atoms with Crippen LogP contribution >= 0.6 is 15.9 Å². The molecule has 0 saturated carbocycles. The molecule has 2 aromatic carbocycles. The van der Waals surface area contributed by atoms with Gasteiger partial charge in [-0.25, -0.2) is 19.3 Å². The highest BCUT2D eigenvalue weighted by Crippen LogP contribution is 2.50. The summed E-state index contributed by atoms with van der Waals surface area (Å²) in [7, 11) is 0. The molecule has 1 atom stereocenters. The van der Waals surface area contributed by atoms with Gasteiger partial charge in [0, 0.05) is 9.89 Å². The van der Waals surface area contributed by atoms with Crippen LogP contribution in [0, 0.1) is 0 Å². The van der Waals surface area contributed by atoms with E-state index in [1.165, 1.54) is 0 Å². The second-order valence-electron chi connectivity index (χ2n) is 9.10. The van der Waals surface area contributed by atoms with Crippen LogP contribution in [0.1, 0.15) is 49.2 Å². The molecule has 0 aliphatic carbocycles. The maximum absolute atomic E-state index is 13.4. The van der Waals surface area contributed by atoms with Crippen molar-refractivity contribution in [1.82, 2.24) is 19.6 Å². The summed E-state index contributed by atoms with van der Waals surface area (Å²) in [6, 6.07) is 15.2. The van der Waals surface area contributed by atoms with Gasteiger partial charge in [-0.05, 0) is 23.8 Å². The van der Waals surface area contributed by atoms with Gasteiger partial charge in [0.15, 0.2) is 17.2 Å². The number of ether oxygens (including phenoxy) is 1. The van der Waals surface area contributed by atoms with Crippen LogP contribution in [-0.2, 0) is 5.41 Å². The molecule has 0 spiro atoms. The molecule has 5 aromatic rings. The third-order valence-electron chi connectivity index (χ3n) is 5.85. The lowest BCUT2D eigenvalue weighted by atomic mass is 9.84. The second kappa shape index (κ2) is 6.99. The maximum atomic E-state index is 13.4. The van der Waals surface area contributed by atoms with Crippen molar-refractivity contribution in [2.45, 2.75) is 32.1 Å². The zero-order valence-corrected chi connectivity index (χ0v) is 19.8. The predicted molar refractivity (Wildman–Crippen MR) is 127 cm³/mol. The Morgan fingerprint density at radius 2 is 1.79 bits per heavy atom. The molecule has 0 bridgehead atoms. The molecule has 1 aliphatic heterocycles. The van der Waals surface area contributed by atoms with Crippen molar-refractivity contribution >= 4 is 32.5 Å². The fraction of sp³-hybridized carbons (Fsp3) is 0.200. The first-order chi connectivity index (χ1) is 15.8. The van der Waals surface area contributed by atoms with Gasteiger partial charge < -0.3 is 9.15 Å². The summed E-state index contributed by atoms with van der Waals surface area (Å²) in [5.74, 6) is 1.04. The molecule has 33 heavy (non-hydrogen) atoms. The summed E-state index contributed by atoms with van der Waals surface area (Å²) in [5.41, 5.74) is 2.35. The molecular weight excluding hydrogens is 484 g/mol. The molecule has 0 saturated heterocycles. The van der Waals surface area contributed by atoms with Gasteiger partial charge in [-0.15, -0.1) is 5.10 Å². The third-order valence-corrected chi connectivity index (χ3v) is 6.57. The number of para-hydroxylation sites is 1. The van der Waals surface area contributed by atoms with Gasteiger partial charge in [0.25, 0.3) is 0 Å². The number of fused-ring (bicyclic) bond motifs is 6. The van der Waals surface area contributed by atoms with Gasteiger partial charge in [-0.1, -0.05) is 67.0 Å². The fourth-order valence-electron chi connectivity index (χ4n) is 4.27. The summed E-state index contributed by atoms with van der Waals surface area (Å²) in [4.78, 5) is 22.8. The molecule has 0 amide bonds. The van der Waals surface area contributed by atoms with Crippen molar-refractivity contribution in [1.29, 1.82) is 0 Å². The molecule has 0 N–H and O–H groups in total. The van der Waals surface area contributed by atoms with Gasteiger partial charge in [0.2, 0.25) is 5.88 Å². The Hall–Kier alpha value is -3.52. The van der Waals surface area contributed by atoms with E-state index in [1.54, 1.807) is 16.9 Å². The van der Waals surface area contributed by atoms with Gasteiger partial charge in [-0.2, -0.15) is 0 Å². The first-order valence-corrected chi connectivity index (χ1v) is 11.4. The number of nitrogens with zero attached hydrogens (tertiary/aromatic N) is 4. The van der Waals surface area contributed by atoms with E-state index in [-0.39, 0.29) is 5.41 Å². The lowest BCUT2D eigenvalue weighted by Crippen LogP contribution is -2.22. The van der Waals surface area contributed by atoms with E-state index in [1.807, 2.05) is 42.5 Å². The van der Waals surface area contributed by atoms with Crippen LogP contribution in [0.25, 0.3) is 16.6 Å². The van der Waals surface area contributed by atoms with Gasteiger partial charge in [0.05, 0.1) is 22.4 Å². The molecule has 164 valence electrons. The minimum Gasteiger partial charge on any atom is -0.437 e. The summed E-state index contributed by atoms with van der Waals surface area (Å²) in [5, 5.41) is 5.36. The second-order valence-corrected chi connectivity index (χ2v) is 9.96. The average Bonchev–Trinajstić information content (AvgIpc) is 3.24. The molecule has 0 fully saturated rings. The van der Waals surface area contributed by atoms with Crippen LogP contribution in [0.15, 0.2) is 68.5 Å². The molecule has 4 heterocycles. The highest BCUT2D eigenvalue weighted by molar-refractivity contribution is 9.10. The first kappa shape index (κ1) is 20.1. The largest absolute Gasteiger partial charge is 0.437 e. The third kappa shape index (κ3) is 3.01. The van der Waals surface area contributed by atoms with Crippen molar-refractivity contribution in [2.75, 3.05) is 0 Å². The van der Waals surface area contributed by atoms with E-state index in [9.17, 15) is 4.79 Å². The van der Waals surface area contributed by atoms with Gasteiger partial charge in [0.1, 0.15) is 11.9 Å². The van der Waals surface area contributed by atoms with Gasteiger partial charge >= 0.3 is 5.63 Å². The van der Waals surface area contributed by atoms with E-state index in [0.717, 1.165) is 10.0 Å². The zero-order valence-electron chi connectivity index (χ0n) is 18.2. The maximum Gasteiger partial charge on any atom is 0.344 e. The summed E-state index contributed by atoms with van der Waals surface area (Å²) in [6.07, 6.45) is 1.60. The summed E-state index contributed by atoms with van der Waals surface area (Å²) < 4.78 is 14.5. The minimum absolute atomic E-state index is 0.260. The van der Waals surface area contributed by atoms with Crippen molar-refractivity contribution in [3.8, 4) is 11.6 Å². The standard InChI is InChI=1S/C25H19BrN4O3/c1-25(2,3)24-28-21-19-17(13-8-4-6-10-15(13)26)18-20(33-22(19)27-12-30(21)29-24)14-9-5-7-11-16(14)32-23(18)31/h4-12,17H,1-3H3. The van der Waals surface area contributed by atoms with Crippen molar-refractivity contribution in [3.63, 3.8) is 0 Å². The Bertz CT molecular complexity index is 1630. The van der Waals surface area contributed by atoms with Crippen molar-refractivity contribution in [3.05, 3.63) is 92.3 Å². The SMILES string of the molecule is CC(C)(C)c1nc2c3c(ncn2n1)Oc1c(c(=O)oc2ccccc12)C3c1ccccc1Br. The van der Waals surface area contributed by atoms with E-state index in [4.69, 9.17) is 14.1 Å². The number of hydrogen-bond acceptors (Lipinski definition) is 6. The normalized spacial score (nSPS) is 15.3. The summed E-state index contributed by atoms with van der Waals surface area (Å²) >= 11 is 3.67. The highest BCUT2D eigenvalue weighted by Gasteiger charge is 2.38. The fourth-order valence-corrected chi connectivity index (χ4v) is 4.78. The van der Waals surface area contributed by atoms with Crippen LogP contribution in [0.5, 0.6) is 11.6 Å². The van der Waals surface area contributed by atoms with Crippen LogP contribution in [0.2, 0.25) is 0 Å². The molecule has 1 aliphatic rings. The Morgan fingerprint density at radius 1 is 1.03 bits per heavy atom. The molecule has 0 radical (unpaired) electrons. The monoisotopic (exact) mass is 502 g/mol. The number of hydrogen-bond donors (Lipinski definition) is 0. The minimum atomic E-state index is -0.506. The predicted octanol–water partition coefficient (Wildman–Crippen LogP) is 5.58. The molecular formula is C25H19BrN4O3. The number of benzene rings is 2.